The van der Waals surface area contributed by atoms with Gasteiger partial charge in [-0.2, -0.15) is 6.42 Å². The van der Waals surface area contributed by atoms with Gasteiger partial charge >= 0.3 is 23.1 Å². The first kappa shape index (κ1) is 15.3. The minimum atomic E-state index is 0. The molecule has 4 saturated carbocycles. The van der Waals surface area contributed by atoms with E-state index in [0.717, 1.165) is 29.6 Å². The second-order valence-electron chi connectivity index (χ2n) is 6.37. The van der Waals surface area contributed by atoms with Crippen molar-refractivity contribution in [2.75, 3.05) is 0 Å². The summed E-state index contributed by atoms with van der Waals surface area (Å²) >= 11 is 0. The zero-order valence-corrected chi connectivity index (χ0v) is 13.4. The molecule has 0 spiro atoms. The van der Waals surface area contributed by atoms with Crippen molar-refractivity contribution in [3.63, 3.8) is 0 Å². The van der Waals surface area contributed by atoms with Gasteiger partial charge in [0.2, 0.25) is 0 Å². The molecule has 4 aliphatic carbocycles. The molecular weight excluding hydrogens is 272 g/mol. The molecule has 16 heavy (non-hydrogen) atoms. The summed E-state index contributed by atoms with van der Waals surface area (Å²) < 4.78 is 0. The summed E-state index contributed by atoms with van der Waals surface area (Å²) in [5.41, 5.74) is 0.812. The van der Waals surface area contributed by atoms with Crippen molar-refractivity contribution in [1.82, 2.24) is 0 Å². The zero-order valence-electron chi connectivity index (χ0n) is 10.4. The number of rotatable bonds is 3. The van der Waals surface area contributed by atoms with E-state index in [1.165, 1.54) is 12.8 Å². The molecule has 4 fully saturated rings. The third-order valence-corrected chi connectivity index (χ3v) is 5.12. The van der Waals surface area contributed by atoms with E-state index in [1.807, 2.05) is 0 Å². The standard InChI is InChI=1S/C14H23.BrH.Mg/c1-2-3-4-14-8-11-5-12(9-14)7-13(6-11)10-14;;/h11-13H,1-10H2;1H;/q-1;;+2/p-1. The molecule has 88 valence electrons. The Bertz CT molecular complexity index is 191. The first-order valence-electron chi connectivity index (χ1n) is 6.59. The average Bonchev–Trinajstić information content (AvgIpc) is 2.12. The van der Waals surface area contributed by atoms with Gasteiger partial charge in [-0.05, 0) is 68.1 Å². The Balaban J connectivity index is 0.000000640. The first-order chi connectivity index (χ1) is 6.80. The van der Waals surface area contributed by atoms with Crippen LogP contribution in [-0.4, -0.2) is 23.1 Å². The molecule has 0 aromatic carbocycles. The van der Waals surface area contributed by atoms with Crippen molar-refractivity contribution >= 4 is 23.1 Å². The van der Waals surface area contributed by atoms with Gasteiger partial charge in [0.15, 0.2) is 0 Å². The number of unbranched alkanes of at least 4 members (excludes halogenated alkanes) is 1. The van der Waals surface area contributed by atoms with E-state index in [2.05, 4.69) is 6.92 Å². The van der Waals surface area contributed by atoms with Crippen LogP contribution in [-0.2, 0) is 0 Å². The van der Waals surface area contributed by atoms with Crippen LogP contribution in [0.5, 0.6) is 0 Å². The van der Waals surface area contributed by atoms with Crippen LogP contribution >= 0.6 is 0 Å². The fraction of sp³-hybridized carbons (Fsp3) is 0.929. The van der Waals surface area contributed by atoms with Crippen LogP contribution in [0.1, 0.15) is 57.8 Å². The van der Waals surface area contributed by atoms with Crippen LogP contribution < -0.4 is 17.0 Å². The van der Waals surface area contributed by atoms with Gasteiger partial charge in [-0.15, -0.1) is 0 Å². The monoisotopic (exact) mass is 294 g/mol. The molecule has 0 radical (unpaired) electrons. The predicted octanol–water partition coefficient (Wildman–Crippen LogP) is 0.830. The molecule has 0 N–H and O–H groups in total. The van der Waals surface area contributed by atoms with Crippen molar-refractivity contribution in [1.29, 1.82) is 0 Å². The van der Waals surface area contributed by atoms with Gasteiger partial charge in [0.25, 0.3) is 0 Å². The van der Waals surface area contributed by atoms with E-state index in [9.17, 15) is 0 Å². The van der Waals surface area contributed by atoms with E-state index in [-0.39, 0.29) is 40.0 Å². The number of hydrogen-bond acceptors (Lipinski definition) is 0. The van der Waals surface area contributed by atoms with E-state index < -0.39 is 0 Å². The van der Waals surface area contributed by atoms with E-state index in [0.29, 0.717) is 0 Å². The Hall–Kier alpha value is 1.25. The van der Waals surface area contributed by atoms with Crippen LogP contribution in [0.15, 0.2) is 0 Å². The van der Waals surface area contributed by atoms with E-state index in [4.69, 9.17) is 0 Å². The van der Waals surface area contributed by atoms with Crippen molar-refractivity contribution < 1.29 is 17.0 Å². The van der Waals surface area contributed by atoms with Gasteiger partial charge in [0.05, 0.1) is 0 Å². The van der Waals surface area contributed by atoms with Crippen molar-refractivity contribution in [3.8, 4) is 0 Å². The Morgan fingerprint density at radius 2 is 1.38 bits per heavy atom. The summed E-state index contributed by atoms with van der Waals surface area (Å²) in [6.45, 7) is 4.00. The number of hydrogen-bond donors (Lipinski definition) is 0. The molecule has 0 nitrogen and oxygen atoms in total. The van der Waals surface area contributed by atoms with Crippen LogP contribution in [0.3, 0.4) is 0 Å². The average molecular weight is 296 g/mol. The second-order valence-corrected chi connectivity index (χ2v) is 6.37. The van der Waals surface area contributed by atoms with Crippen LogP contribution in [0.25, 0.3) is 0 Å². The first-order valence-corrected chi connectivity index (χ1v) is 6.59. The molecule has 2 heteroatoms. The van der Waals surface area contributed by atoms with Crippen LogP contribution in [0.2, 0.25) is 0 Å². The largest absolute Gasteiger partial charge is 2.00 e. The minimum Gasteiger partial charge on any atom is -1.00 e. The van der Waals surface area contributed by atoms with Gasteiger partial charge < -0.3 is 23.9 Å². The Kier molecular flexibility index (Phi) is 5.67. The molecule has 0 amide bonds. The smallest absolute Gasteiger partial charge is 1.00 e. The Morgan fingerprint density at radius 1 is 0.938 bits per heavy atom. The molecule has 0 aromatic rings. The second kappa shape index (κ2) is 5.92. The van der Waals surface area contributed by atoms with Gasteiger partial charge in [-0.1, -0.05) is 6.42 Å². The molecule has 0 unspecified atom stereocenters. The van der Waals surface area contributed by atoms with Gasteiger partial charge in [-0.3, -0.25) is 0 Å². The summed E-state index contributed by atoms with van der Waals surface area (Å²) in [6.07, 6.45) is 13.5. The molecule has 4 aliphatic rings. The maximum absolute atomic E-state index is 4.00. The fourth-order valence-electron chi connectivity index (χ4n) is 5.10. The summed E-state index contributed by atoms with van der Waals surface area (Å²) in [4.78, 5) is 0. The predicted molar refractivity (Wildman–Crippen MR) is 65.6 cm³/mol. The van der Waals surface area contributed by atoms with Crippen molar-refractivity contribution in [2.45, 2.75) is 57.8 Å². The SMILES string of the molecule is [Br-].[CH2-]CCCC12CC3CC(CC(C3)C1)C2.[Mg+2]. The third-order valence-electron chi connectivity index (χ3n) is 5.12. The van der Waals surface area contributed by atoms with Crippen LogP contribution in [0, 0.1) is 30.1 Å². The van der Waals surface area contributed by atoms with Gasteiger partial charge in [0, 0.05) is 0 Å². The fourth-order valence-corrected chi connectivity index (χ4v) is 5.10. The Labute approximate surface area is 127 Å². The molecule has 4 rings (SSSR count). The summed E-state index contributed by atoms with van der Waals surface area (Å²) in [5, 5.41) is 0. The molecule has 4 bridgehead atoms. The molecule has 0 aliphatic heterocycles. The van der Waals surface area contributed by atoms with Gasteiger partial charge in [-0.25, -0.2) is 0 Å². The van der Waals surface area contributed by atoms with Crippen molar-refractivity contribution in [2.24, 2.45) is 23.2 Å². The minimum absolute atomic E-state index is 0. The quantitative estimate of drug-likeness (QED) is 0.534. The van der Waals surface area contributed by atoms with E-state index >= 15 is 0 Å². The molecular formula is C14H23BrMg. The maximum atomic E-state index is 4.00. The molecule has 0 atom stereocenters. The van der Waals surface area contributed by atoms with Crippen molar-refractivity contribution in [3.05, 3.63) is 6.92 Å². The molecule has 0 saturated heterocycles. The third kappa shape index (κ3) is 2.80. The maximum Gasteiger partial charge on any atom is 2.00 e. The molecule has 0 heterocycles. The zero-order chi connectivity index (χ0) is 9.60. The van der Waals surface area contributed by atoms with Crippen LogP contribution in [0.4, 0.5) is 0 Å². The molecule has 0 aromatic heterocycles. The number of halogens is 1. The van der Waals surface area contributed by atoms with Gasteiger partial charge in [0.1, 0.15) is 0 Å². The summed E-state index contributed by atoms with van der Waals surface area (Å²) in [5.74, 6) is 3.39. The Morgan fingerprint density at radius 3 is 1.75 bits per heavy atom. The van der Waals surface area contributed by atoms with E-state index in [1.54, 1.807) is 38.5 Å². The normalized spacial score (nSPS) is 43.7. The summed E-state index contributed by atoms with van der Waals surface area (Å²) in [6, 6.07) is 0. The summed E-state index contributed by atoms with van der Waals surface area (Å²) in [7, 11) is 0. The topological polar surface area (TPSA) is 0 Å².